The molecule has 134 valence electrons. The number of carboxylic acid groups (broad SMARTS) is 1. The average molecular weight is 415 g/mol. The maximum absolute atomic E-state index is 12.0. The van der Waals surface area contributed by atoms with Crippen molar-refractivity contribution in [3.05, 3.63) is 64.3 Å². The number of aromatic nitrogens is 2. The van der Waals surface area contributed by atoms with E-state index in [4.69, 9.17) is 4.74 Å². The third kappa shape index (κ3) is 3.51. The molecule has 0 fully saturated rings. The SMILES string of the molecule is CCCc1c(C(=O)O)c(-c2ccc(Br)cc2)nn1-c1ccc(OC)cc1. The molecule has 6 heteroatoms. The Bertz CT molecular complexity index is 915. The lowest BCUT2D eigenvalue weighted by Crippen LogP contribution is -2.06. The molecule has 0 bridgehead atoms. The molecule has 0 aliphatic carbocycles. The van der Waals surface area contributed by atoms with Crippen molar-refractivity contribution in [2.45, 2.75) is 19.8 Å². The highest BCUT2D eigenvalue weighted by Crippen LogP contribution is 2.30. The van der Waals surface area contributed by atoms with Crippen molar-refractivity contribution >= 4 is 21.9 Å². The molecule has 0 saturated heterocycles. The molecule has 0 spiro atoms. The van der Waals surface area contributed by atoms with Gasteiger partial charge in [-0.1, -0.05) is 41.4 Å². The molecule has 0 aliphatic rings. The summed E-state index contributed by atoms with van der Waals surface area (Å²) in [5.41, 5.74) is 3.01. The first-order valence-electron chi connectivity index (χ1n) is 8.30. The predicted molar refractivity (Wildman–Crippen MR) is 104 cm³/mol. The Labute approximate surface area is 160 Å². The van der Waals surface area contributed by atoms with E-state index >= 15 is 0 Å². The number of rotatable bonds is 6. The Balaban J connectivity index is 2.21. The van der Waals surface area contributed by atoms with E-state index in [1.807, 2.05) is 55.5 Å². The molecule has 1 N–H and O–H groups in total. The first-order chi connectivity index (χ1) is 12.5. The number of carbonyl (C=O) groups is 1. The smallest absolute Gasteiger partial charge is 0.339 e. The van der Waals surface area contributed by atoms with Crippen LogP contribution in [-0.4, -0.2) is 28.0 Å². The van der Waals surface area contributed by atoms with Crippen molar-refractivity contribution in [1.82, 2.24) is 9.78 Å². The molecule has 5 nitrogen and oxygen atoms in total. The Morgan fingerprint density at radius 1 is 1.15 bits per heavy atom. The fourth-order valence-electron chi connectivity index (χ4n) is 2.89. The second-order valence-electron chi connectivity index (χ2n) is 5.84. The van der Waals surface area contributed by atoms with Gasteiger partial charge in [0.25, 0.3) is 0 Å². The van der Waals surface area contributed by atoms with Gasteiger partial charge in [0, 0.05) is 10.0 Å². The van der Waals surface area contributed by atoms with Crippen LogP contribution in [-0.2, 0) is 6.42 Å². The summed E-state index contributed by atoms with van der Waals surface area (Å²) in [5.74, 6) is -0.226. The van der Waals surface area contributed by atoms with Crippen LogP contribution in [0.25, 0.3) is 16.9 Å². The molecule has 26 heavy (non-hydrogen) atoms. The normalized spacial score (nSPS) is 10.7. The molecule has 0 radical (unpaired) electrons. The van der Waals surface area contributed by atoms with Gasteiger partial charge in [-0.05, 0) is 42.8 Å². The highest BCUT2D eigenvalue weighted by Gasteiger charge is 2.24. The number of methoxy groups -OCH3 is 1. The fourth-order valence-corrected chi connectivity index (χ4v) is 3.16. The van der Waals surface area contributed by atoms with Crippen molar-refractivity contribution in [3.8, 4) is 22.7 Å². The molecule has 0 aliphatic heterocycles. The molecule has 3 rings (SSSR count). The Hall–Kier alpha value is -2.60. The van der Waals surface area contributed by atoms with Crippen LogP contribution in [0, 0.1) is 0 Å². The third-order valence-electron chi connectivity index (χ3n) is 4.12. The zero-order chi connectivity index (χ0) is 18.7. The maximum Gasteiger partial charge on any atom is 0.339 e. The number of ether oxygens (including phenoxy) is 1. The molecule has 3 aromatic rings. The van der Waals surface area contributed by atoms with Crippen molar-refractivity contribution in [1.29, 1.82) is 0 Å². The number of hydrogen-bond acceptors (Lipinski definition) is 3. The zero-order valence-electron chi connectivity index (χ0n) is 14.6. The van der Waals surface area contributed by atoms with Gasteiger partial charge in [0.2, 0.25) is 0 Å². The predicted octanol–water partition coefficient (Wildman–Crippen LogP) is 4.96. The molecular formula is C20H19BrN2O3. The number of nitrogens with zero attached hydrogens (tertiary/aromatic N) is 2. The Morgan fingerprint density at radius 3 is 2.35 bits per heavy atom. The molecule has 2 aromatic carbocycles. The van der Waals surface area contributed by atoms with E-state index in [1.165, 1.54) is 0 Å². The molecule has 0 amide bonds. The van der Waals surface area contributed by atoms with Crippen LogP contribution in [0.2, 0.25) is 0 Å². The van der Waals surface area contributed by atoms with E-state index in [0.29, 0.717) is 17.8 Å². The topological polar surface area (TPSA) is 64.3 Å². The average Bonchev–Trinajstić information content (AvgIpc) is 3.02. The number of aromatic carboxylic acids is 1. The molecular weight excluding hydrogens is 396 g/mol. The summed E-state index contributed by atoms with van der Waals surface area (Å²) in [4.78, 5) is 12.0. The van der Waals surface area contributed by atoms with E-state index in [0.717, 1.165) is 27.9 Å². The second-order valence-corrected chi connectivity index (χ2v) is 6.76. The van der Waals surface area contributed by atoms with E-state index in [1.54, 1.807) is 11.8 Å². The van der Waals surface area contributed by atoms with Gasteiger partial charge in [0.05, 0.1) is 18.5 Å². The van der Waals surface area contributed by atoms with Crippen LogP contribution in [0.5, 0.6) is 5.75 Å². The highest BCUT2D eigenvalue weighted by molar-refractivity contribution is 9.10. The molecule has 1 heterocycles. The van der Waals surface area contributed by atoms with Gasteiger partial charge < -0.3 is 9.84 Å². The number of halogens is 1. The third-order valence-corrected chi connectivity index (χ3v) is 4.65. The van der Waals surface area contributed by atoms with Gasteiger partial charge >= 0.3 is 5.97 Å². The number of benzene rings is 2. The lowest BCUT2D eigenvalue weighted by atomic mass is 10.0. The molecule has 0 saturated carbocycles. The van der Waals surface area contributed by atoms with Gasteiger partial charge in [-0.15, -0.1) is 0 Å². The van der Waals surface area contributed by atoms with Crippen LogP contribution in [0.4, 0.5) is 0 Å². The summed E-state index contributed by atoms with van der Waals surface area (Å²) in [6.45, 7) is 2.02. The quantitative estimate of drug-likeness (QED) is 0.618. The summed E-state index contributed by atoms with van der Waals surface area (Å²) >= 11 is 3.41. The maximum atomic E-state index is 12.0. The lowest BCUT2D eigenvalue weighted by Gasteiger charge is -2.08. The lowest BCUT2D eigenvalue weighted by molar-refractivity contribution is 0.0696. The second kappa shape index (κ2) is 7.74. The van der Waals surface area contributed by atoms with Crippen LogP contribution >= 0.6 is 15.9 Å². The number of hydrogen-bond donors (Lipinski definition) is 1. The van der Waals surface area contributed by atoms with Gasteiger partial charge in [-0.2, -0.15) is 5.10 Å². The van der Waals surface area contributed by atoms with Crippen LogP contribution in [0.15, 0.2) is 53.0 Å². The standard InChI is InChI=1S/C20H19BrN2O3/c1-3-4-17-18(20(24)25)19(13-5-7-14(21)8-6-13)22-23(17)15-9-11-16(26-2)12-10-15/h5-12H,3-4H2,1-2H3,(H,24,25). The zero-order valence-corrected chi connectivity index (χ0v) is 16.2. The van der Waals surface area contributed by atoms with Gasteiger partial charge in [-0.25, -0.2) is 9.48 Å². The Kier molecular flexibility index (Phi) is 5.42. The minimum absolute atomic E-state index is 0.255. The van der Waals surface area contributed by atoms with Crippen molar-refractivity contribution in [3.63, 3.8) is 0 Å². The van der Waals surface area contributed by atoms with Gasteiger partial charge in [0.15, 0.2) is 0 Å². The first-order valence-corrected chi connectivity index (χ1v) is 9.10. The molecule has 0 unspecified atom stereocenters. The van der Waals surface area contributed by atoms with E-state index in [9.17, 15) is 9.90 Å². The fraction of sp³-hybridized carbons (Fsp3) is 0.200. The van der Waals surface area contributed by atoms with Gasteiger partial charge in [-0.3, -0.25) is 0 Å². The van der Waals surface area contributed by atoms with Crippen LogP contribution < -0.4 is 4.74 Å². The summed E-state index contributed by atoms with van der Waals surface area (Å²) in [6, 6.07) is 14.9. The minimum atomic E-state index is -0.967. The van der Waals surface area contributed by atoms with E-state index in [2.05, 4.69) is 21.0 Å². The van der Waals surface area contributed by atoms with Crippen LogP contribution in [0.3, 0.4) is 0 Å². The number of carboxylic acids is 1. The van der Waals surface area contributed by atoms with E-state index in [-0.39, 0.29) is 5.56 Å². The summed E-state index contributed by atoms with van der Waals surface area (Å²) in [7, 11) is 1.61. The summed E-state index contributed by atoms with van der Waals surface area (Å²) in [5, 5.41) is 14.5. The minimum Gasteiger partial charge on any atom is -0.497 e. The van der Waals surface area contributed by atoms with Crippen molar-refractivity contribution in [2.75, 3.05) is 7.11 Å². The van der Waals surface area contributed by atoms with Crippen LogP contribution in [0.1, 0.15) is 29.4 Å². The molecule has 1 aromatic heterocycles. The monoisotopic (exact) mass is 414 g/mol. The largest absolute Gasteiger partial charge is 0.497 e. The van der Waals surface area contributed by atoms with Gasteiger partial charge in [0.1, 0.15) is 17.0 Å². The van der Waals surface area contributed by atoms with Crippen molar-refractivity contribution < 1.29 is 14.6 Å². The molecule has 0 atom stereocenters. The van der Waals surface area contributed by atoms with Crippen molar-refractivity contribution in [2.24, 2.45) is 0 Å². The highest BCUT2D eigenvalue weighted by atomic mass is 79.9. The Morgan fingerprint density at radius 2 is 1.81 bits per heavy atom. The van der Waals surface area contributed by atoms with E-state index < -0.39 is 5.97 Å². The summed E-state index contributed by atoms with van der Waals surface area (Å²) in [6.07, 6.45) is 1.44. The first kappa shape index (κ1) is 18.2. The summed E-state index contributed by atoms with van der Waals surface area (Å²) < 4.78 is 7.86.